The van der Waals surface area contributed by atoms with Gasteiger partial charge in [0.25, 0.3) is 0 Å². The van der Waals surface area contributed by atoms with Gasteiger partial charge in [-0.2, -0.15) is 0 Å². The molecular weight excluding hydrogens is 522 g/mol. The highest BCUT2D eigenvalue weighted by Gasteiger charge is 2.40. The number of hydrogen-bond acceptors (Lipinski definition) is 2. The molecule has 122 valence electrons. The van der Waals surface area contributed by atoms with Gasteiger partial charge in [-0.3, -0.25) is 0 Å². The number of ether oxygens (including phenoxy) is 2. The fraction of sp³-hybridized carbons (Fsp3) is 0.733. The van der Waals surface area contributed by atoms with Crippen LogP contribution in [-0.2, 0) is 9.47 Å². The lowest BCUT2D eigenvalue weighted by atomic mass is 10.2. The molecule has 0 N–H and O–H groups in total. The van der Waals surface area contributed by atoms with Crippen LogP contribution >= 0.6 is 45.2 Å². The molecule has 2 nitrogen and oxygen atoms in total. The Morgan fingerprint density at radius 2 is 1.10 bits per heavy atom. The van der Waals surface area contributed by atoms with E-state index in [1.54, 1.807) is 0 Å². The van der Waals surface area contributed by atoms with Crippen molar-refractivity contribution in [3.8, 4) is 0 Å². The molecule has 1 saturated heterocycles. The van der Waals surface area contributed by atoms with Crippen LogP contribution in [0.5, 0.6) is 0 Å². The minimum atomic E-state index is -1.28. The van der Waals surface area contributed by atoms with Gasteiger partial charge in [0.15, 0.2) is 5.79 Å². The van der Waals surface area contributed by atoms with Gasteiger partial charge in [0.1, 0.15) is 12.2 Å². The highest BCUT2D eigenvalue weighted by molar-refractivity contribution is 14.1. The molecule has 0 aromatic carbocycles. The fourth-order valence-electron chi connectivity index (χ4n) is 1.86. The molecule has 0 bridgehead atoms. The van der Waals surface area contributed by atoms with Gasteiger partial charge in [0.2, 0.25) is 0 Å². The van der Waals surface area contributed by atoms with Crippen molar-refractivity contribution in [2.24, 2.45) is 0 Å². The molecule has 0 unspecified atom stereocenters. The summed E-state index contributed by atoms with van der Waals surface area (Å²) in [6, 6.07) is 0. The van der Waals surface area contributed by atoms with Crippen molar-refractivity contribution in [1.82, 2.24) is 0 Å². The second-order valence-electron chi connectivity index (χ2n) is 8.09. The first-order chi connectivity index (χ1) is 9.22. The van der Waals surface area contributed by atoms with E-state index in [2.05, 4.69) is 96.6 Å². The maximum absolute atomic E-state index is 6.13. The van der Waals surface area contributed by atoms with E-state index in [9.17, 15) is 0 Å². The summed E-state index contributed by atoms with van der Waals surface area (Å²) in [7, 11) is -2.56. The summed E-state index contributed by atoms with van der Waals surface area (Å²) in [6.45, 7) is 18.2. The van der Waals surface area contributed by atoms with E-state index < -0.39 is 21.9 Å². The van der Waals surface area contributed by atoms with Gasteiger partial charge in [0, 0.05) is 0 Å². The van der Waals surface area contributed by atoms with Crippen LogP contribution in [0.15, 0.2) is 18.6 Å². The first kappa shape index (κ1) is 20.3. The Hall–Kier alpha value is 1.29. The standard InChI is InChI=1S/C15H28I2O2Si2/c1-15(2)18-11(9-13(16)20(3,4)5)12(19-15)10-14(17)21(6,7)8/h9-12H,1-8H3/b13-9+,14-10+/t11-,12-/m1/s1. The Labute approximate surface area is 159 Å². The van der Waals surface area contributed by atoms with Crippen LogP contribution in [0.4, 0.5) is 0 Å². The average Bonchev–Trinajstić information content (AvgIpc) is 2.50. The lowest BCUT2D eigenvalue weighted by molar-refractivity contribution is -0.138. The van der Waals surface area contributed by atoms with Gasteiger partial charge in [0.05, 0.1) is 16.1 Å². The molecule has 1 aliphatic rings. The van der Waals surface area contributed by atoms with E-state index in [-0.39, 0.29) is 12.2 Å². The van der Waals surface area contributed by atoms with Gasteiger partial charge in [-0.1, -0.05) is 84.5 Å². The molecule has 0 aliphatic carbocycles. The van der Waals surface area contributed by atoms with E-state index in [0.717, 1.165) is 0 Å². The fourth-order valence-corrected chi connectivity index (χ4v) is 3.90. The monoisotopic (exact) mass is 550 g/mol. The summed E-state index contributed by atoms with van der Waals surface area (Å²) < 4.78 is 15.2. The summed E-state index contributed by atoms with van der Waals surface area (Å²) in [5.41, 5.74) is 0. The van der Waals surface area contributed by atoms with Crippen LogP contribution in [0.2, 0.25) is 39.3 Å². The van der Waals surface area contributed by atoms with Crippen molar-refractivity contribution in [3.05, 3.63) is 18.6 Å². The molecule has 0 spiro atoms. The molecule has 0 amide bonds. The lowest BCUT2D eigenvalue weighted by Crippen LogP contribution is -2.27. The Kier molecular flexibility index (Phi) is 6.82. The molecule has 0 aromatic heterocycles. The number of hydrogen-bond donors (Lipinski definition) is 0. The maximum atomic E-state index is 6.13. The number of rotatable bonds is 4. The summed E-state index contributed by atoms with van der Waals surface area (Å²) in [5.74, 6) is -0.505. The summed E-state index contributed by atoms with van der Waals surface area (Å²) in [6.07, 6.45) is 4.63. The third kappa shape index (κ3) is 6.36. The molecule has 1 fully saturated rings. The van der Waals surface area contributed by atoms with Crippen molar-refractivity contribution in [2.45, 2.75) is 71.1 Å². The lowest BCUT2D eigenvalue weighted by Gasteiger charge is -2.20. The van der Waals surface area contributed by atoms with Gasteiger partial charge in [-0.05, 0) is 32.4 Å². The van der Waals surface area contributed by atoms with Crippen LogP contribution in [-0.4, -0.2) is 34.1 Å². The molecule has 6 heteroatoms. The highest BCUT2D eigenvalue weighted by atomic mass is 127. The van der Waals surface area contributed by atoms with Crippen LogP contribution in [0.3, 0.4) is 0 Å². The summed E-state index contributed by atoms with van der Waals surface area (Å²) in [5, 5.41) is 0. The van der Waals surface area contributed by atoms with Gasteiger partial charge in [-0.15, -0.1) is 0 Å². The van der Waals surface area contributed by atoms with Crippen LogP contribution in [0, 0.1) is 0 Å². The third-order valence-corrected chi connectivity index (χ3v) is 16.8. The van der Waals surface area contributed by atoms with E-state index in [1.807, 2.05) is 13.8 Å². The normalized spacial score (nSPS) is 28.1. The quantitative estimate of drug-likeness (QED) is 0.321. The van der Waals surface area contributed by atoms with E-state index in [4.69, 9.17) is 9.47 Å². The SMILES string of the molecule is CC1(C)O[C@H](/C=C(\I)[Si](C)(C)C)[C@@H](/C=C(\I)[Si](C)(C)C)O1. The Morgan fingerprint density at radius 3 is 1.33 bits per heavy atom. The van der Waals surface area contributed by atoms with Crippen LogP contribution < -0.4 is 0 Å². The molecule has 21 heavy (non-hydrogen) atoms. The predicted molar refractivity (Wildman–Crippen MR) is 115 cm³/mol. The van der Waals surface area contributed by atoms with Crippen molar-refractivity contribution >= 4 is 61.3 Å². The smallest absolute Gasteiger partial charge is 0.164 e. The van der Waals surface area contributed by atoms with Crippen LogP contribution in [0.25, 0.3) is 0 Å². The second-order valence-corrected chi connectivity index (χ2v) is 22.5. The Morgan fingerprint density at radius 1 is 0.810 bits per heavy atom. The van der Waals surface area contributed by atoms with E-state index in [0.29, 0.717) is 0 Å². The molecule has 0 radical (unpaired) electrons. The average molecular weight is 550 g/mol. The predicted octanol–water partition coefficient (Wildman–Crippen LogP) is 5.90. The molecule has 1 heterocycles. The van der Waals surface area contributed by atoms with Crippen molar-refractivity contribution in [1.29, 1.82) is 0 Å². The molecule has 1 rings (SSSR count). The van der Waals surface area contributed by atoms with E-state index >= 15 is 0 Å². The topological polar surface area (TPSA) is 18.5 Å². The van der Waals surface area contributed by atoms with Crippen LogP contribution in [0.1, 0.15) is 13.8 Å². The minimum absolute atomic E-state index is 0.0275. The molecular formula is C15H28I2O2Si2. The molecule has 1 aliphatic heterocycles. The van der Waals surface area contributed by atoms with Gasteiger partial charge >= 0.3 is 0 Å². The first-order valence-corrected chi connectivity index (χ1v) is 16.5. The minimum Gasteiger partial charge on any atom is -0.340 e. The van der Waals surface area contributed by atoms with Crippen molar-refractivity contribution in [3.63, 3.8) is 0 Å². The first-order valence-electron chi connectivity index (χ1n) is 7.33. The maximum Gasteiger partial charge on any atom is 0.164 e. The number of halogens is 2. The Balaban J connectivity index is 3.06. The second kappa shape index (κ2) is 7.04. The Bertz CT molecular complexity index is 406. The zero-order valence-corrected chi connectivity index (χ0v) is 20.7. The summed E-state index contributed by atoms with van der Waals surface area (Å²) in [4.78, 5) is 0. The zero-order chi connectivity index (χ0) is 16.6. The molecule has 0 aromatic rings. The van der Waals surface area contributed by atoms with Crippen molar-refractivity contribution < 1.29 is 9.47 Å². The van der Waals surface area contributed by atoms with Gasteiger partial charge < -0.3 is 9.47 Å². The highest BCUT2D eigenvalue weighted by Crippen LogP contribution is 2.35. The summed E-state index contributed by atoms with van der Waals surface area (Å²) >= 11 is 4.97. The largest absolute Gasteiger partial charge is 0.340 e. The molecule has 2 atom stereocenters. The van der Waals surface area contributed by atoms with E-state index in [1.165, 1.54) is 6.41 Å². The molecule has 0 saturated carbocycles. The van der Waals surface area contributed by atoms with Gasteiger partial charge in [-0.25, -0.2) is 0 Å². The zero-order valence-electron chi connectivity index (χ0n) is 14.4. The third-order valence-electron chi connectivity index (χ3n) is 3.22. The van der Waals surface area contributed by atoms with Crippen molar-refractivity contribution in [2.75, 3.05) is 0 Å².